The van der Waals surface area contributed by atoms with Crippen LogP contribution < -0.4 is 14.8 Å². The topological polar surface area (TPSA) is 84.9 Å². The van der Waals surface area contributed by atoms with Crippen LogP contribution in [0.3, 0.4) is 0 Å². The van der Waals surface area contributed by atoms with Crippen molar-refractivity contribution in [3.63, 3.8) is 0 Å². The van der Waals surface area contributed by atoms with Gasteiger partial charge < -0.3 is 14.8 Å². The Kier molecular flexibility index (Phi) is 5.08. The highest BCUT2D eigenvalue weighted by molar-refractivity contribution is 7.89. The molecule has 0 spiro atoms. The van der Waals surface area contributed by atoms with E-state index in [1.807, 2.05) is 6.07 Å². The van der Waals surface area contributed by atoms with Crippen LogP contribution in [0.5, 0.6) is 11.5 Å². The molecule has 0 saturated heterocycles. The van der Waals surface area contributed by atoms with Gasteiger partial charge in [0, 0.05) is 20.6 Å². The van der Waals surface area contributed by atoms with Gasteiger partial charge in [-0.25, -0.2) is 12.7 Å². The molecule has 2 aromatic carbocycles. The molecule has 0 atom stereocenters. The largest absolute Gasteiger partial charge is 0.454 e. The molecule has 7 nitrogen and oxygen atoms in total. The van der Waals surface area contributed by atoms with Crippen LogP contribution in [-0.2, 0) is 16.6 Å². The van der Waals surface area contributed by atoms with Crippen molar-refractivity contribution in [3.05, 3.63) is 52.5 Å². The summed E-state index contributed by atoms with van der Waals surface area (Å²) in [4.78, 5) is 12.5. The van der Waals surface area contributed by atoms with Crippen molar-refractivity contribution in [2.75, 3.05) is 20.9 Å². The van der Waals surface area contributed by atoms with E-state index in [0.717, 1.165) is 9.87 Å². The summed E-state index contributed by atoms with van der Waals surface area (Å²) in [5, 5.41) is 2.90. The number of carbonyl (C=O) groups is 1. The van der Waals surface area contributed by atoms with Gasteiger partial charge in [-0.1, -0.05) is 17.7 Å². The lowest BCUT2D eigenvalue weighted by molar-refractivity contribution is 0.0950. The van der Waals surface area contributed by atoms with Crippen LogP contribution in [0.25, 0.3) is 0 Å². The number of benzene rings is 2. The molecule has 3 rings (SSSR count). The molecule has 0 fully saturated rings. The van der Waals surface area contributed by atoms with E-state index in [4.69, 9.17) is 21.1 Å². The smallest absolute Gasteiger partial charge is 0.253 e. The Labute approximate surface area is 156 Å². The number of nitrogens with zero attached hydrogens (tertiary/aromatic N) is 1. The van der Waals surface area contributed by atoms with Crippen molar-refractivity contribution in [2.45, 2.75) is 11.4 Å². The fourth-order valence-electron chi connectivity index (χ4n) is 2.38. The monoisotopic (exact) mass is 396 g/mol. The summed E-state index contributed by atoms with van der Waals surface area (Å²) in [7, 11) is -0.819. The Morgan fingerprint density at radius 2 is 1.88 bits per heavy atom. The van der Waals surface area contributed by atoms with Gasteiger partial charge in [0.05, 0.1) is 15.5 Å². The lowest BCUT2D eigenvalue weighted by Gasteiger charge is -2.13. The Morgan fingerprint density at radius 3 is 2.62 bits per heavy atom. The molecule has 0 aliphatic carbocycles. The highest BCUT2D eigenvalue weighted by atomic mass is 35.5. The minimum Gasteiger partial charge on any atom is -0.454 e. The zero-order valence-corrected chi connectivity index (χ0v) is 15.7. The van der Waals surface area contributed by atoms with Gasteiger partial charge in [0.2, 0.25) is 16.8 Å². The maximum absolute atomic E-state index is 12.5. The van der Waals surface area contributed by atoms with Crippen molar-refractivity contribution < 1.29 is 22.7 Å². The van der Waals surface area contributed by atoms with Crippen molar-refractivity contribution in [1.82, 2.24) is 9.62 Å². The fourth-order valence-corrected chi connectivity index (χ4v) is 3.51. The predicted octanol–water partition coefficient (Wildman–Crippen LogP) is 2.25. The molecule has 0 saturated carbocycles. The molecule has 2 aromatic rings. The molecule has 0 unspecified atom stereocenters. The summed E-state index contributed by atoms with van der Waals surface area (Å²) in [6, 6.07) is 9.38. The summed E-state index contributed by atoms with van der Waals surface area (Å²) < 4.78 is 36.1. The van der Waals surface area contributed by atoms with E-state index in [1.165, 1.54) is 32.3 Å². The maximum Gasteiger partial charge on any atom is 0.253 e. The lowest BCUT2D eigenvalue weighted by atomic mass is 10.1. The number of nitrogens with one attached hydrogen (secondary N) is 1. The predicted molar refractivity (Wildman–Crippen MR) is 96.1 cm³/mol. The average molecular weight is 397 g/mol. The van der Waals surface area contributed by atoms with Gasteiger partial charge >= 0.3 is 0 Å². The minimum atomic E-state index is -3.66. The van der Waals surface area contributed by atoms with E-state index < -0.39 is 15.9 Å². The van der Waals surface area contributed by atoms with Crippen LogP contribution in [0.1, 0.15) is 15.9 Å². The highest BCUT2D eigenvalue weighted by Gasteiger charge is 2.21. The summed E-state index contributed by atoms with van der Waals surface area (Å²) >= 11 is 6.07. The van der Waals surface area contributed by atoms with Crippen molar-refractivity contribution in [2.24, 2.45) is 0 Å². The van der Waals surface area contributed by atoms with Crippen LogP contribution in [0.15, 0.2) is 41.3 Å². The quantitative estimate of drug-likeness (QED) is 0.837. The molecule has 1 heterocycles. The number of hydrogen-bond acceptors (Lipinski definition) is 5. The molecule has 1 aliphatic heterocycles. The second kappa shape index (κ2) is 7.14. The first-order valence-electron chi connectivity index (χ1n) is 7.68. The number of fused-ring (bicyclic) bond motifs is 1. The van der Waals surface area contributed by atoms with Gasteiger partial charge in [-0.05, 0) is 35.9 Å². The molecular formula is C17H17ClN2O5S. The van der Waals surface area contributed by atoms with Crippen molar-refractivity contribution in [3.8, 4) is 11.5 Å². The van der Waals surface area contributed by atoms with E-state index in [1.54, 1.807) is 12.1 Å². The normalized spacial score (nSPS) is 13.1. The van der Waals surface area contributed by atoms with Crippen LogP contribution in [0, 0.1) is 0 Å². The maximum atomic E-state index is 12.5. The molecule has 1 amide bonds. The summed E-state index contributed by atoms with van der Waals surface area (Å²) in [6.07, 6.45) is 0. The number of ether oxygens (including phenoxy) is 2. The van der Waals surface area contributed by atoms with Gasteiger partial charge in [0.1, 0.15) is 0 Å². The third-order valence-electron chi connectivity index (χ3n) is 3.85. The highest BCUT2D eigenvalue weighted by Crippen LogP contribution is 2.32. The van der Waals surface area contributed by atoms with Gasteiger partial charge in [-0.15, -0.1) is 0 Å². The van der Waals surface area contributed by atoms with E-state index >= 15 is 0 Å². The van der Waals surface area contributed by atoms with Crippen molar-refractivity contribution in [1.29, 1.82) is 0 Å². The standard InChI is InChI=1S/C17H17ClN2O5S/c1-20(2)26(22,23)12-4-5-14(18)13(8-12)17(21)19-9-11-3-6-15-16(7-11)25-10-24-15/h3-8H,9-10H2,1-2H3,(H,19,21). The van der Waals surface area contributed by atoms with Crippen LogP contribution in [0.2, 0.25) is 5.02 Å². The number of rotatable bonds is 5. The number of hydrogen-bond donors (Lipinski definition) is 1. The second-order valence-corrected chi connectivity index (χ2v) is 8.36. The van der Waals surface area contributed by atoms with Gasteiger partial charge in [-0.2, -0.15) is 0 Å². The number of amides is 1. The molecule has 0 aromatic heterocycles. The van der Waals surface area contributed by atoms with E-state index in [2.05, 4.69) is 5.32 Å². The number of halogens is 1. The van der Waals surface area contributed by atoms with Gasteiger partial charge in [0.25, 0.3) is 5.91 Å². The summed E-state index contributed by atoms with van der Waals surface area (Å²) in [6.45, 7) is 0.407. The van der Waals surface area contributed by atoms with Gasteiger partial charge in [-0.3, -0.25) is 4.79 Å². The molecular weight excluding hydrogens is 380 g/mol. The summed E-state index contributed by atoms with van der Waals surface area (Å²) in [5.74, 6) is 0.807. The van der Waals surface area contributed by atoms with Crippen LogP contribution >= 0.6 is 11.6 Å². The molecule has 0 bridgehead atoms. The number of carbonyl (C=O) groups excluding carboxylic acids is 1. The molecule has 1 N–H and O–H groups in total. The first-order valence-corrected chi connectivity index (χ1v) is 9.49. The molecule has 26 heavy (non-hydrogen) atoms. The lowest BCUT2D eigenvalue weighted by Crippen LogP contribution is -2.25. The zero-order valence-electron chi connectivity index (χ0n) is 14.2. The first kappa shape index (κ1) is 18.5. The Morgan fingerprint density at radius 1 is 1.15 bits per heavy atom. The fraction of sp³-hybridized carbons (Fsp3) is 0.235. The van der Waals surface area contributed by atoms with Crippen LogP contribution in [-0.4, -0.2) is 39.5 Å². The average Bonchev–Trinajstić information content (AvgIpc) is 3.07. The number of sulfonamides is 1. The first-order chi connectivity index (χ1) is 12.3. The molecule has 9 heteroatoms. The van der Waals surface area contributed by atoms with E-state index in [9.17, 15) is 13.2 Å². The van der Waals surface area contributed by atoms with Crippen LogP contribution in [0.4, 0.5) is 0 Å². The molecule has 138 valence electrons. The Bertz CT molecular complexity index is 960. The van der Waals surface area contributed by atoms with E-state index in [-0.39, 0.29) is 28.8 Å². The third kappa shape index (κ3) is 3.62. The Hall–Kier alpha value is -2.29. The Balaban J connectivity index is 1.77. The van der Waals surface area contributed by atoms with Gasteiger partial charge in [0.15, 0.2) is 11.5 Å². The zero-order chi connectivity index (χ0) is 18.9. The minimum absolute atomic E-state index is 0.000120. The molecule has 0 radical (unpaired) electrons. The van der Waals surface area contributed by atoms with Crippen molar-refractivity contribution >= 4 is 27.5 Å². The molecule has 1 aliphatic rings. The SMILES string of the molecule is CN(C)S(=O)(=O)c1ccc(Cl)c(C(=O)NCc2ccc3c(c2)OCO3)c1. The third-order valence-corrected chi connectivity index (χ3v) is 5.99. The van der Waals surface area contributed by atoms with E-state index in [0.29, 0.717) is 11.5 Å². The second-order valence-electron chi connectivity index (χ2n) is 5.80. The summed E-state index contributed by atoms with van der Waals surface area (Å²) in [5.41, 5.74) is 0.908.